The molecule has 0 atom stereocenters. The number of aromatic amines is 1. The number of nitrogens with one attached hydrogen (secondary N) is 1. The van der Waals surface area contributed by atoms with Gasteiger partial charge in [-0.05, 0) is 25.0 Å². The number of fused-ring (bicyclic) bond motifs is 1. The van der Waals surface area contributed by atoms with Crippen LogP contribution >= 0.6 is 0 Å². The second-order valence-electron chi connectivity index (χ2n) is 4.90. The van der Waals surface area contributed by atoms with E-state index in [0.29, 0.717) is 16.9 Å². The van der Waals surface area contributed by atoms with Crippen LogP contribution in [0.3, 0.4) is 0 Å². The number of hydrogen-bond donors (Lipinski definition) is 1. The van der Waals surface area contributed by atoms with E-state index in [-0.39, 0.29) is 5.43 Å². The Morgan fingerprint density at radius 3 is 2.71 bits per heavy atom. The Hall–Kier alpha value is -2.56. The average molecular weight is 280 g/mol. The van der Waals surface area contributed by atoms with Crippen LogP contribution < -0.4 is 5.43 Å². The fourth-order valence-electron chi connectivity index (χ4n) is 2.31. The summed E-state index contributed by atoms with van der Waals surface area (Å²) in [6.45, 7) is 2.12. The zero-order valence-corrected chi connectivity index (χ0v) is 11.8. The molecule has 0 aliphatic rings. The van der Waals surface area contributed by atoms with Crippen LogP contribution in [0.4, 0.5) is 0 Å². The van der Waals surface area contributed by atoms with Gasteiger partial charge >= 0.3 is 0 Å². The maximum absolute atomic E-state index is 12.1. The van der Waals surface area contributed by atoms with Crippen LogP contribution in [-0.4, -0.2) is 19.9 Å². The van der Waals surface area contributed by atoms with Crippen LogP contribution in [-0.2, 0) is 6.42 Å². The van der Waals surface area contributed by atoms with Crippen molar-refractivity contribution in [3.05, 3.63) is 52.7 Å². The van der Waals surface area contributed by atoms with Crippen molar-refractivity contribution in [2.75, 3.05) is 0 Å². The highest BCUT2D eigenvalue weighted by molar-refractivity contribution is 5.79. The van der Waals surface area contributed by atoms with Gasteiger partial charge in [0, 0.05) is 30.2 Å². The summed E-state index contributed by atoms with van der Waals surface area (Å²) in [7, 11) is 0. The van der Waals surface area contributed by atoms with E-state index in [1.54, 1.807) is 18.6 Å². The highest BCUT2D eigenvalue weighted by Gasteiger charge is 2.11. The van der Waals surface area contributed by atoms with E-state index < -0.39 is 0 Å². The minimum atomic E-state index is -0.0314. The fraction of sp³-hybridized carbons (Fsp3) is 0.250. The molecule has 0 aromatic carbocycles. The topological polar surface area (TPSA) is 71.5 Å². The van der Waals surface area contributed by atoms with Crippen molar-refractivity contribution in [1.29, 1.82) is 0 Å². The van der Waals surface area contributed by atoms with Gasteiger partial charge in [0.25, 0.3) is 0 Å². The lowest BCUT2D eigenvalue weighted by atomic mass is 10.1. The van der Waals surface area contributed by atoms with Crippen molar-refractivity contribution < 1.29 is 0 Å². The third-order valence-electron chi connectivity index (χ3n) is 3.39. The Morgan fingerprint density at radius 1 is 1.14 bits per heavy atom. The second-order valence-corrected chi connectivity index (χ2v) is 4.90. The fourth-order valence-corrected chi connectivity index (χ4v) is 2.31. The summed E-state index contributed by atoms with van der Waals surface area (Å²) < 4.78 is 0. The average Bonchev–Trinajstić information content (AvgIpc) is 2.53. The summed E-state index contributed by atoms with van der Waals surface area (Å²) in [5, 5.41) is 0.601. The lowest BCUT2D eigenvalue weighted by molar-refractivity contribution is 0.780. The van der Waals surface area contributed by atoms with Crippen LogP contribution in [0, 0.1) is 0 Å². The molecule has 106 valence electrons. The Kier molecular flexibility index (Phi) is 3.73. The minimum Gasteiger partial charge on any atom is -0.346 e. The standard InChI is InChI=1S/C16H16N4O/c1-2-3-4-12-14-13(21)7-10-18-16(14)20-15(19-12)11-5-8-17-9-6-11/h5-10H,2-4H2,1H3,(H,18,19,20,21). The first-order chi connectivity index (χ1) is 10.3. The second kappa shape index (κ2) is 5.83. The molecule has 0 radical (unpaired) electrons. The molecule has 5 heteroatoms. The molecule has 0 aliphatic heterocycles. The first kappa shape index (κ1) is 13.4. The van der Waals surface area contributed by atoms with Gasteiger partial charge < -0.3 is 4.98 Å². The normalized spacial score (nSPS) is 10.9. The van der Waals surface area contributed by atoms with Gasteiger partial charge in [0.05, 0.1) is 11.1 Å². The first-order valence-electron chi connectivity index (χ1n) is 7.08. The SMILES string of the molecule is CCCCc1nc(-c2ccncc2)nc2[nH]ccc(=O)c12. The Morgan fingerprint density at radius 2 is 1.95 bits per heavy atom. The Bertz CT molecular complexity index is 811. The Labute approximate surface area is 122 Å². The molecular formula is C16H16N4O. The molecule has 0 saturated carbocycles. The van der Waals surface area contributed by atoms with E-state index >= 15 is 0 Å². The molecule has 1 N–H and O–H groups in total. The van der Waals surface area contributed by atoms with Crippen LogP contribution in [0.1, 0.15) is 25.5 Å². The van der Waals surface area contributed by atoms with Crippen molar-refractivity contribution in [1.82, 2.24) is 19.9 Å². The number of pyridine rings is 2. The highest BCUT2D eigenvalue weighted by Crippen LogP contribution is 2.19. The van der Waals surface area contributed by atoms with Crippen molar-refractivity contribution >= 4 is 11.0 Å². The number of H-pyrrole nitrogens is 1. The van der Waals surface area contributed by atoms with Gasteiger partial charge in [0.2, 0.25) is 0 Å². The number of nitrogens with zero attached hydrogens (tertiary/aromatic N) is 3. The molecule has 3 aromatic rings. The zero-order chi connectivity index (χ0) is 14.7. The third kappa shape index (κ3) is 2.67. The predicted octanol–water partition coefficient (Wildman–Crippen LogP) is 2.72. The lowest BCUT2D eigenvalue weighted by Gasteiger charge is -2.07. The maximum Gasteiger partial charge on any atom is 0.192 e. The smallest absolute Gasteiger partial charge is 0.192 e. The molecule has 0 fully saturated rings. The van der Waals surface area contributed by atoms with Crippen molar-refractivity contribution in [3.8, 4) is 11.4 Å². The summed E-state index contributed by atoms with van der Waals surface area (Å²) in [5.41, 5.74) is 2.27. The van der Waals surface area contributed by atoms with Crippen molar-refractivity contribution in [3.63, 3.8) is 0 Å². The third-order valence-corrected chi connectivity index (χ3v) is 3.39. The zero-order valence-electron chi connectivity index (χ0n) is 11.8. The van der Waals surface area contributed by atoms with Gasteiger partial charge in [0.1, 0.15) is 5.65 Å². The van der Waals surface area contributed by atoms with E-state index in [9.17, 15) is 4.79 Å². The molecule has 0 amide bonds. The lowest BCUT2D eigenvalue weighted by Crippen LogP contribution is -2.09. The molecule has 3 rings (SSSR count). The Balaban J connectivity index is 2.22. The molecule has 0 spiro atoms. The summed E-state index contributed by atoms with van der Waals surface area (Å²) in [4.78, 5) is 28.2. The van der Waals surface area contributed by atoms with E-state index in [4.69, 9.17) is 0 Å². The number of rotatable bonds is 4. The quantitative estimate of drug-likeness (QED) is 0.797. The molecule has 3 aromatic heterocycles. The molecule has 21 heavy (non-hydrogen) atoms. The molecule has 0 unspecified atom stereocenters. The van der Waals surface area contributed by atoms with Gasteiger partial charge in [-0.1, -0.05) is 13.3 Å². The van der Waals surface area contributed by atoms with Crippen LogP contribution in [0.15, 0.2) is 41.6 Å². The summed E-state index contributed by atoms with van der Waals surface area (Å²) in [5.74, 6) is 0.623. The minimum absolute atomic E-state index is 0.0314. The molecule has 5 nitrogen and oxygen atoms in total. The van der Waals surface area contributed by atoms with E-state index in [1.807, 2.05) is 12.1 Å². The summed E-state index contributed by atoms with van der Waals surface area (Å²) in [6, 6.07) is 5.25. The molecular weight excluding hydrogens is 264 g/mol. The van der Waals surface area contributed by atoms with Crippen molar-refractivity contribution in [2.45, 2.75) is 26.2 Å². The van der Waals surface area contributed by atoms with Gasteiger partial charge in [-0.25, -0.2) is 9.97 Å². The van der Waals surface area contributed by atoms with E-state index in [0.717, 1.165) is 30.5 Å². The number of hydrogen-bond acceptors (Lipinski definition) is 4. The van der Waals surface area contributed by atoms with Gasteiger partial charge in [-0.15, -0.1) is 0 Å². The largest absolute Gasteiger partial charge is 0.346 e. The molecule has 0 aliphatic carbocycles. The number of aryl methyl sites for hydroxylation is 1. The summed E-state index contributed by atoms with van der Waals surface area (Å²) >= 11 is 0. The van der Waals surface area contributed by atoms with Crippen LogP contribution in [0.5, 0.6) is 0 Å². The molecule has 3 heterocycles. The van der Waals surface area contributed by atoms with Crippen LogP contribution in [0.25, 0.3) is 22.4 Å². The monoisotopic (exact) mass is 280 g/mol. The van der Waals surface area contributed by atoms with E-state index in [1.165, 1.54) is 6.07 Å². The highest BCUT2D eigenvalue weighted by atomic mass is 16.1. The number of unbranched alkanes of at least 4 members (excludes halogenated alkanes) is 1. The molecule has 0 saturated heterocycles. The van der Waals surface area contributed by atoms with E-state index in [2.05, 4.69) is 26.9 Å². The van der Waals surface area contributed by atoms with Crippen LogP contribution in [0.2, 0.25) is 0 Å². The first-order valence-corrected chi connectivity index (χ1v) is 7.08. The van der Waals surface area contributed by atoms with Gasteiger partial charge in [-0.2, -0.15) is 0 Å². The summed E-state index contributed by atoms with van der Waals surface area (Å²) in [6.07, 6.45) is 7.88. The maximum atomic E-state index is 12.1. The number of aromatic nitrogens is 4. The van der Waals surface area contributed by atoms with Crippen molar-refractivity contribution in [2.24, 2.45) is 0 Å². The predicted molar refractivity (Wildman–Crippen MR) is 82.0 cm³/mol. The van der Waals surface area contributed by atoms with Gasteiger partial charge in [-0.3, -0.25) is 9.78 Å². The van der Waals surface area contributed by atoms with Gasteiger partial charge in [0.15, 0.2) is 11.3 Å². The molecule has 0 bridgehead atoms.